The Bertz CT molecular complexity index is 645. The van der Waals surface area contributed by atoms with Crippen molar-refractivity contribution < 1.29 is 9.53 Å². The molecule has 22 heavy (non-hydrogen) atoms. The number of methoxy groups -OCH3 is 1. The first-order chi connectivity index (χ1) is 10.6. The predicted molar refractivity (Wildman–Crippen MR) is 86.7 cm³/mol. The molecule has 2 heteroatoms. The van der Waals surface area contributed by atoms with E-state index in [0.29, 0.717) is 30.1 Å². The number of hydrogen-bond donors (Lipinski definition) is 0. The first-order valence-corrected chi connectivity index (χ1v) is 8.47. The van der Waals surface area contributed by atoms with Gasteiger partial charge in [0, 0.05) is 12.5 Å². The SMILES string of the molecule is COCc1ccc2c(c1)CC[C@@H]1[C@@H]2CC[C@]2(C)C(=O)C=C[C@@H]12. The molecule has 3 aliphatic rings. The molecule has 0 aromatic heterocycles. The van der Waals surface area contributed by atoms with Crippen LogP contribution in [0.15, 0.2) is 30.4 Å². The average molecular weight is 296 g/mol. The Morgan fingerprint density at radius 2 is 2.18 bits per heavy atom. The third-order valence-corrected chi connectivity index (χ3v) is 6.37. The van der Waals surface area contributed by atoms with Gasteiger partial charge in [-0.1, -0.05) is 31.2 Å². The lowest BCUT2D eigenvalue weighted by molar-refractivity contribution is -0.126. The number of carbonyl (C=O) groups excluding carboxylic acids is 1. The van der Waals surface area contributed by atoms with Gasteiger partial charge in [0.05, 0.1) is 6.61 Å². The zero-order valence-electron chi connectivity index (χ0n) is 13.5. The zero-order chi connectivity index (χ0) is 15.3. The van der Waals surface area contributed by atoms with Crippen molar-refractivity contribution in [1.29, 1.82) is 0 Å². The van der Waals surface area contributed by atoms with Crippen LogP contribution in [0.3, 0.4) is 0 Å². The first-order valence-electron chi connectivity index (χ1n) is 8.47. The number of allylic oxidation sites excluding steroid dienone is 2. The maximum atomic E-state index is 12.3. The van der Waals surface area contributed by atoms with E-state index < -0.39 is 0 Å². The van der Waals surface area contributed by atoms with Gasteiger partial charge in [0.15, 0.2) is 5.78 Å². The van der Waals surface area contributed by atoms with Gasteiger partial charge in [0.1, 0.15) is 0 Å². The summed E-state index contributed by atoms with van der Waals surface area (Å²) in [5.74, 6) is 2.08. The molecule has 0 radical (unpaired) electrons. The topological polar surface area (TPSA) is 26.3 Å². The van der Waals surface area contributed by atoms with Gasteiger partial charge in [0.25, 0.3) is 0 Å². The number of aryl methyl sites for hydroxylation is 1. The van der Waals surface area contributed by atoms with E-state index in [1.165, 1.54) is 23.1 Å². The molecule has 0 unspecified atom stereocenters. The molecule has 0 aliphatic heterocycles. The van der Waals surface area contributed by atoms with E-state index in [1.54, 1.807) is 7.11 Å². The lowest BCUT2D eigenvalue weighted by Gasteiger charge is -2.48. The molecule has 4 atom stereocenters. The highest BCUT2D eigenvalue weighted by Gasteiger charge is 2.52. The van der Waals surface area contributed by atoms with Gasteiger partial charge in [0.2, 0.25) is 0 Å². The van der Waals surface area contributed by atoms with E-state index in [4.69, 9.17) is 4.74 Å². The summed E-state index contributed by atoms with van der Waals surface area (Å²) in [6, 6.07) is 6.87. The standard InChI is InChI=1S/C20H24O2/c1-20-10-9-16-15-5-3-13(12-22-2)11-14(15)4-6-17(16)18(20)7-8-19(20)21/h3,5,7-8,11,16-18H,4,6,9-10,12H2,1-2H3/t16-,17-,18+,20+/m1/s1. The van der Waals surface area contributed by atoms with E-state index >= 15 is 0 Å². The molecule has 0 amide bonds. The number of hydrogen-bond acceptors (Lipinski definition) is 2. The molecule has 0 N–H and O–H groups in total. The Morgan fingerprint density at radius 3 is 3.00 bits per heavy atom. The van der Waals surface area contributed by atoms with Gasteiger partial charge in [-0.25, -0.2) is 0 Å². The van der Waals surface area contributed by atoms with Crippen molar-refractivity contribution in [3.63, 3.8) is 0 Å². The van der Waals surface area contributed by atoms with Crippen LogP contribution >= 0.6 is 0 Å². The van der Waals surface area contributed by atoms with Crippen molar-refractivity contribution >= 4 is 5.78 Å². The Balaban J connectivity index is 1.67. The Morgan fingerprint density at radius 1 is 1.32 bits per heavy atom. The molecule has 3 aliphatic carbocycles. The van der Waals surface area contributed by atoms with Crippen LogP contribution in [0.1, 0.15) is 48.8 Å². The monoisotopic (exact) mass is 296 g/mol. The van der Waals surface area contributed by atoms with Gasteiger partial charge in [-0.15, -0.1) is 0 Å². The summed E-state index contributed by atoms with van der Waals surface area (Å²) in [4.78, 5) is 12.3. The van der Waals surface area contributed by atoms with E-state index in [2.05, 4.69) is 31.2 Å². The van der Waals surface area contributed by atoms with E-state index in [1.807, 2.05) is 6.08 Å². The maximum Gasteiger partial charge on any atom is 0.161 e. The fourth-order valence-electron chi connectivity index (χ4n) is 5.17. The minimum absolute atomic E-state index is 0.116. The number of ketones is 1. The fraction of sp³-hybridized carbons (Fsp3) is 0.550. The van der Waals surface area contributed by atoms with Gasteiger partial charge >= 0.3 is 0 Å². The highest BCUT2D eigenvalue weighted by atomic mass is 16.5. The molecule has 0 saturated heterocycles. The van der Waals surface area contributed by atoms with E-state index in [0.717, 1.165) is 19.3 Å². The van der Waals surface area contributed by atoms with Crippen LogP contribution in [0.4, 0.5) is 0 Å². The second kappa shape index (κ2) is 5.06. The van der Waals surface area contributed by atoms with E-state index in [-0.39, 0.29) is 5.41 Å². The van der Waals surface area contributed by atoms with Crippen LogP contribution in [0.5, 0.6) is 0 Å². The lowest BCUT2D eigenvalue weighted by Crippen LogP contribution is -2.42. The highest BCUT2D eigenvalue weighted by Crippen LogP contribution is 2.57. The van der Waals surface area contributed by atoms with Crippen molar-refractivity contribution in [2.75, 3.05) is 7.11 Å². The first kappa shape index (κ1) is 14.2. The Labute approximate surface area is 132 Å². The molecule has 1 saturated carbocycles. The largest absolute Gasteiger partial charge is 0.380 e. The second-order valence-electron chi connectivity index (χ2n) is 7.48. The number of ether oxygens (including phenoxy) is 1. The third kappa shape index (κ3) is 1.93. The minimum atomic E-state index is -0.116. The summed E-state index contributed by atoms with van der Waals surface area (Å²) >= 11 is 0. The van der Waals surface area contributed by atoms with Crippen LogP contribution in [0.25, 0.3) is 0 Å². The van der Waals surface area contributed by atoms with Crippen LogP contribution in [-0.4, -0.2) is 12.9 Å². The van der Waals surface area contributed by atoms with Gasteiger partial charge in [-0.05, 0) is 66.2 Å². The second-order valence-corrected chi connectivity index (χ2v) is 7.48. The van der Waals surface area contributed by atoms with Crippen LogP contribution < -0.4 is 0 Å². The maximum absolute atomic E-state index is 12.3. The molecule has 2 nitrogen and oxygen atoms in total. The quantitative estimate of drug-likeness (QED) is 0.823. The summed E-state index contributed by atoms with van der Waals surface area (Å²) in [5, 5.41) is 0. The van der Waals surface area contributed by atoms with Crippen LogP contribution in [-0.2, 0) is 22.6 Å². The number of benzene rings is 1. The molecule has 1 aromatic carbocycles. The number of rotatable bonds is 2. The molecular weight excluding hydrogens is 272 g/mol. The Kier molecular flexibility index (Phi) is 3.26. The number of carbonyl (C=O) groups is 1. The van der Waals surface area contributed by atoms with Crippen molar-refractivity contribution in [2.24, 2.45) is 17.3 Å². The summed E-state index contributed by atoms with van der Waals surface area (Å²) in [5.41, 5.74) is 4.20. The molecular formula is C20H24O2. The molecule has 0 bridgehead atoms. The molecule has 1 aromatic rings. The van der Waals surface area contributed by atoms with Gasteiger partial charge in [-0.3, -0.25) is 4.79 Å². The lowest BCUT2D eigenvalue weighted by atomic mass is 9.55. The van der Waals surface area contributed by atoms with Crippen molar-refractivity contribution in [2.45, 2.75) is 45.1 Å². The van der Waals surface area contributed by atoms with Crippen LogP contribution in [0.2, 0.25) is 0 Å². The molecule has 4 rings (SSSR count). The predicted octanol–water partition coefficient (Wildman–Crippen LogP) is 4.03. The highest BCUT2D eigenvalue weighted by molar-refractivity contribution is 5.97. The number of fused-ring (bicyclic) bond motifs is 5. The molecule has 0 spiro atoms. The fourth-order valence-corrected chi connectivity index (χ4v) is 5.17. The molecule has 1 fully saturated rings. The van der Waals surface area contributed by atoms with E-state index in [9.17, 15) is 4.79 Å². The molecule has 0 heterocycles. The molecule has 116 valence electrons. The normalized spacial score (nSPS) is 35.9. The Hall–Kier alpha value is -1.41. The van der Waals surface area contributed by atoms with Crippen LogP contribution in [0, 0.1) is 17.3 Å². The zero-order valence-corrected chi connectivity index (χ0v) is 13.5. The van der Waals surface area contributed by atoms with Crippen molar-refractivity contribution in [1.82, 2.24) is 0 Å². The van der Waals surface area contributed by atoms with Gasteiger partial charge < -0.3 is 4.74 Å². The summed E-state index contributed by atoms with van der Waals surface area (Å²) < 4.78 is 5.26. The van der Waals surface area contributed by atoms with Crippen molar-refractivity contribution in [3.05, 3.63) is 47.0 Å². The summed E-state index contributed by atoms with van der Waals surface area (Å²) in [7, 11) is 1.75. The summed E-state index contributed by atoms with van der Waals surface area (Å²) in [6.07, 6.45) is 8.61. The average Bonchev–Trinajstić information content (AvgIpc) is 2.83. The minimum Gasteiger partial charge on any atom is -0.380 e. The smallest absolute Gasteiger partial charge is 0.161 e. The van der Waals surface area contributed by atoms with Crippen molar-refractivity contribution in [3.8, 4) is 0 Å². The third-order valence-electron chi connectivity index (χ3n) is 6.37. The van der Waals surface area contributed by atoms with Gasteiger partial charge in [-0.2, -0.15) is 0 Å². The summed E-state index contributed by atoms with van der Waals surface area (Å²) in [6.45, 7) is 2.88.